The molecular formula is C21H27N7O8. The fraction of sp³-hybridized carbons (Fsp3) is 0.476. The quantitative estimate of drug-likeness (QED) is 0.212. The van der Waals surface area contributed by atoms with Gasteiger partial charge in [-0.2, -0.15) is 10.5 Å². The molecule has 0 radical (unpaired) electrons. The van der Waals surface area contributed by atoms with Crippen LogP contribution in [-0.4, -0.2) is 66.5 Å². The molecule has 0 bridgehead atoms. The van der Waals surface area contributed by atoms with Crippen molar-refractivity contribution in [3.63, 3.8) is 0 Å². The standard InChI is InChI=1S/C21H27N7O8/c29-11-15-14(30)9-18(35-15)28-12-23-19(25-20(28)33)26-21(34)36-27-17(32)7-3-1-2-6-16(31)24-13-5-4-8-22-10-13/h4-5,8,10,12,14-15,18,29-30H,1-3,6-7,9,11H2,(H,24,31)(H,27,32)(H,25,26,33,34)/t14-,15+,18+/m0/s1. The Bertz CT molecular complexity index is 1100. The predicted molar refractivity (Wildman–Crippen MR) is 122 cm³/mol. The van der Waals surface area contributed by atoms with Gasteiger partial charge in [0, 0.05) is 25.5 Å². The summed E-state index contributed by atoms with van der Waals surface area (Å²) in [7, 11) is 0. The van der Waals surface area contributed by atoms with Crippen LogP contribution in [0.25, 0.3) is 0 Å². The summed E-state index contributed by atoms with van der Waals surface area (Å²) in [6.45, 7) is -0.408. The molecule has 15 nitrogen and oxygen atoms in total. The largest absolute Gasteiger partial charge is 0.438 e. The molecule has 0 saturated carbocycles. The lowest BCUT2D eigenvalue weighted by atomic mass is 10.1. The maximum Gasteiger partial charge on any atom is 0.438 e. The highest BCUT2D eigenvalue weighted by Crippen LogP contribution is 2.27. The van der Waals surface area contributed by atoms with Crippen LogP contribution in [0.15, 0.2) is 35.6 Å². The van der Waals surface area contributed by atoms with Gasteiger partial charge in [0.25, 0.3) is 5.91 Å². The molecule has 1 aliphatic heterocycles. The number of rotatable bonds is 10. The molecule has 0 spiro atoms. The van der Waals surface area contributed by atoms with Crippen LogP contribution < -0.4 is 21.8 Å². The molecule has 2 aromatic heterocycles. The van der Waals surface area contributed by atoms with Crippen LogP contribution in [0, 0.1) is 0 Å². The third kappa shape index (κ3) is 8.07. The van der Waals surface area contributed by atoms with Crippen LogP contribution in [0.2, 0.25) is 0 Å². The second-order valence-electron chi connectivity index (χ2n) is 7.87. The summed E-state index contributed by atoms with van der Waals surface area (Å²) >= 11 is 0. The molecule has 36 heavy (non-hydrogen) atoms. The molecule has 194 valence electrons. The molecule has 3 amide bonds. The summed E-state index contributed by atoms with van der Waals surface area (Å²) in [5, 5.41) is 23.7. The highest BCUT2D eigenvalue weighted by molar-refractivity contribution is 5.90. The number of hydroxylamine groups is 1. The van der Waals surface area contributed by atoms with Gasteiger partial charge in [-0.1, -0.05) is 6.42 Å². The van der Waals surface area contributed by atoms with E-state index in [1.165, 1.54) is 0 Å². The molecule has 2 aromatic rings. The van der Waals surface area contributed by atoms with Crippen molar-refractivity contribution in [2.45, 2.75) is 57.0 Å². The summed E-state index contributed by atoms with van der Waals surface area (Å²) in [5.74, 6) is -1.06. The summed E-state index contributed by atoms with van der Waals surface area (Å²) in [6, 6.07) is 3.45. The van der Waals surface area contributed by atoms with E-state index in [1.54, 1.807) is 24.5 Å². The first-order valence-corrected chi connectivity index (χ1v) is 11.2. The summed E-state index contributed by atoms with van der Waals surface area (Å²) < 4.78 is 6.37. The van der Waals surface area contributed by atoms with E-state index in [1.807, 2.05) is 5.48 Å². The number of pyridine rings is 1. The molecule has 0 unspecified atom stereocenters. The Balaban J connectivity index is 1.30. The summed E-state index contributed by atoms with van der Waals surface area (Å²) in [5.41, 5.74) is 1.78. The van der Waals surface area contributed by atoms with E-state index in [-0.39, 0.29) is 24.7 Å². The number of amides is 3. The van der Waals surface area contributed by atoms with Gasteiger partial charge in [0.15, 0.2) is 0 Å². The number of nitrogens with one attached hydrogen (secondary N) is 3. The first-order valence-electron chi connectivity index (χ1n) is 11.2. The minimum atomic E-state index is -1.11. The van der Waals surface area contributed by atoms with Gasteiger partial charge < -0.3 is 25.1 Å². The topological polar surface area (TPSA) is 207 Å². The lowest BCUT2D eigenvalue weighted by Crippen LogP contribution is -2.32. The number of aliphatic hydroxyl groups excluding tert-OH is 2. The molecule has 1 aliphatic rings. The number of aliphatic hydroxyl groups is 2. The van der Waals surface area contributed by atoms with Gasteiger partial charge in [-0.25, -0.2) is 14.6 Å². The van der Waals surface area contributed by atoms with Crippen LogP contribution in [0.4, 0.5) is 16.4 Å². The van der Waals surface area contributed by atoms with Crippen LogP contribution in [0.3, 0.4) is 0 Å². The van der Waals surface area contributed by atoms with E-state index >= 15 is 0 Å². The Labute approximate surface area is 204 Å². The third-order valence-corrected chi connectivity index (χ3v) is 5.15. The number of carbonyl (C=O) groups excluding carboxylic acids is 3. The van der Waals surface area contributed by atoms with Crippen molar-refractivity contribution in [1.82, 2.24) is 25.0 Å². The first kappa shape index (κ1) is 26.7. The van der Waals surface area contributed by atoms with Gasteiger partial charge in [-0.15, -0.1) is 0 Å². The van der Waals surface area contributed by atoms with Crippen molar-refractivity contribution < 1.29 is 34.2 Å². The molecular weight excluding hydrogens is 478 g/mol. The lowest BCUT2D eigenvalue weighted by molar-refractivity contribution is -0.129. The monoisotopic (exact) mass is 505 g/mol. The van der Waals surface area contributed by atoms with Crippen LogP contribution in [0.1, 0.15) is 44.8 Å². The van der Waals surface area contributed by atoms with Crippen molar-refractivity contribution >= 4 is 29.5 Å². The highest BCUT2D eigenvalue weighted by atomic mass is 16.7. The fourth-order valence-corrected chi connectivity index (χ4v) is 3.33. The van der Waals surface area contributed by atoms with E-state index in [4.69, 9.17) is 9.84 Å². The molecule has 3 atom stereocenters. The van der Waals surface area contributed by atoms with E-state index in [9.17, 15) is 24.3 Å². The number of ether oxygens (including phenoxy) is 1. The molecule has 5 N–H and O–H groups in total. The molecule has 0 aromatic carbocycles. The molecule has 0 aliphatic carbocycles. The normalized spacial score (nSPS) is 18.9. The zero-order valence-electron chi connectivity index (χ0n) is 19.2. The highest BCUT2D eigenvalue weighted by Gasteiger charge is 2.35. The van der Waals surface area contributed by atoms with Gasteiger partial charge >= 0.3 is 11.8 Å². The molecule has 3 rings (SSSR count). The van der Waals surface area contributed by atoms with Gasteiger partial charge in [-0.3, -0.25) is 24.5 Å². The fourth-order valence-electron chi connectivity index (χ4n) is 3.33. The Morgan fingerprint density at radius 3 is 2.61 bits per heavy atom. The smallest absolute Gasteiger partial charge is 0.394 e. The number of nitrogens with zero attached hydrogens (tertiary/aromatic N) is 4. The average molecular weight is 505 g/mol. The van der Waals surface area contributed by atoms with E-state index < -0.39 is 42.7 Å². The van der Waals surface area contributed by atoms with E-state index in [2.05, 4.69) is 30.4 Å². The SMILES string of the molecule is O=C(CCCCCC(=O)Nc1cccnc1)NOC(=O)Nc1ncn([C@H]2C[C@H](O)[C@@H](CO)O2)c(=O)n1. The van der Waals surface area contributed by atoms with Crippen LogP contribution in [0.5, 0.6) is 0 Å². The Hall–Kier alpha value is -3.95. The minimum Gasteiger partial charge on any atom is -0.394 e. The number of aromatic nitrogens is 4. The lowest BCUT2D eigenvalue weighted by Gasteiger charge is -2.14. The van der Waals surface area contributed by atoms with Gasteiger partial charge in [0.1, 0.15) is 18.7 Å². The van der Waals surface area contributed by atoms with E-state index in [0.717, 1.165) is 10.9 Å². The maximum absolute atomic E-state index is 12.2. The van der Waals surface area contributed by atoms with Crippen LogP contribution >= 0.6 is 0 Å². The van der Waals surface area contributed by atoms with Crippen molar-refractivity contribution in [1.29, 1.82) is 0 Å². The summed E-state index contributed by atoms with van der Waals surface area (Å²) in [4.78, 5) is 63.6. The Kier molecular flexibility index (Phi) is 9.79. The summed E-state index contributed by atoms with van der Waals surface area (Å²) in [6.07, 6.45) is 2.59. The van der Waals surface area contributed by atoms with Crippen molar-refractivity contribution in [3.8, 4) is 0 Å². The second kappa shape index (κ2) is 13.2. The predicted octanol–water partition coefficient (Wildman–Crippen LogP) is -0.157. The minimum absolute atomic E-state index is 0.0634. The van der Waals surface area contributed by atoms with Crippen molar-refractivity contribution in [2.24, 2.45) is 0 Å². The first-order chi connectivity index (χ1) is 17.4. The average Bonchev–Trinajstić information content (AvgIpc) is 3.23. The van der Waals surface area contributed by atoms with Gasteiger partial charge in [0.2, 0.25) is 11.9 Å². The zero-order chi connectivity index (χ0) is 25.9. The van der Waals surface area contributed by atoms with Crippen LogP contribution in [-0.2, 0) is 19.2 Å². The second-order valence-corrected chi connectivity index (χ2v) is 7.87. The Morgan fingerprint density at radius 2 is 1.94 bits per heavy atom. The number of hydrogen-bond donors (Lipinski definition) is 5. The third-order valence-electron chi connectivity index (χ3n) is 5.15. The number of carbonyl (C=O) groups is 3. The van der Waals surface area contributed by atoms with Gasteiger partial charge in [0.05, 0.1) is 24.6 Å². The molecule has 1 fully saturated rings. The van der Waals surface area contributed by atoms with Crippen molar-refractivity contribution in [2.75, 3.05) is 17.2 Å². The van der Waals surface area contributed by atoms with Gasteiger partial charge in [-0.05, 0) is 25.0 Å². The number of hydrogen-bond acceptors (Lipinski definition) is 11. The molecule has 15 heteroatoms. The molecule has 1 saturated heterocycles. The van der Waals surface area contributed by atoms with Crippen molar-refractivity contribution in [3.05, 3.63) is 41.3 Å². The zero-order valence-corrected chi connectivity index (χ0v) is 19.2. The molecule has 3 heterocycles. The Morgan fingerprint density at radius 1 is 1.17 bits per heavy atom. The maximum atomic E-state index is 12.2. The number of anilines is 2. The number of unbranched alkanes of at least 4 members (excludes halogenated alkanes) is 2. The van der Waals surface area contributed by atoms with E-state index in [0.29, 0.717) is 31.4 Å².